The van der Waals surface area contributed by atoms with Crippen molar-refractivity contribution in [3.05, 3.63) is 105 Å². The van der Waals surface area contributed by atoms with Crippen LogP contribution in [0.4, 0.5) is 5.69 Å². The molecule has 164 valence electrons. The van der Waals surface area contributed by atoms with Gasteiger partial charge in [0, 0.05) is 24.3 Å². The monoisotopic (exact) mass is 486 g/mol. The number of benzodiazepines with no additional fused rings is 1. The lowest BCUT2D eigenvalue weighted by Crippen LogP contribution is -2.25. The van der Waals surface area contributed by atoms with Gasteiger partial charge in [0.1, 0.15) is 0 Å². The molecule has 0 saturated heterocycles. The third kappa shape index (κ3) is 5.52. The van der Waals surface area contributed by atoms with Crippen molar-refractivity contribution in [1.29, 1.82) is 0 Å². The number of rotatable bonds is 5. The molecule has 4 rings (SSSR count). The third-order valence-corrected chi connectivity index (χ3v) is 5.84. The minimum Gasteiger partial charge on any atom is -0.478 e. The van der Waals surface area contributed by atoms with E-state index in [1.54, 1.807) is 24.3 Å². The van der Waals surface area contributed by atoms with E-state index in [4.69, 9.17) is 28.2 Å². The van der Waals surface area contributed by atoms with Gasteiger partial charge in [-0.05, 0) is 47.5 Å². The number of fused-ring (bicyclic) bond motifs is 1. The number of benzene rings is 3. The maximum Gasteiger partial charge on any atom is 0.335 e. The molecule has 4 nitrogen and oxygen atoms in total. The van der Waals surface area contributed by atoms with Crippen LogP contribution in [0, 0.1) is 0 Å². The first-order valence-electron chi connectivity index (χ1n) is 9.85. The standard InChI is InChI=1S/C25H20Cl2N2O2.ClH/c26-21-10-8-17(15-22(21)27)9-11-23-20-6-1-2-7-24(20)29(13-12-28-23)16-18-4-3-5-19(14-18)25(30)31;/h1-11,14-15H,12-13,16H2,(H,30,31);1H. The number of carbonyl (C=O) groups is 1. The van der Waals surface area contributed by atoms with E-state index in [1.807, 2.05) is 42.5 Å². The van der Waals surface area contributed by atoms with Crippen LogP contribution in [0.15, 0.2) is 77.8 Å². The maximum atomic E-state index is 11.3. The lowest BCUT2D eigenvalue weighted by Gasteiger charge is -2.25. The van der Waals surface area contributed by atoms with Crippen molar-refractivity contribution in [1.82, 2.24) is 0 Å². The van der Waals surface area contributed by atoms with Crippen LogP contribution in [0.1, 0.15) is 27.0 Å². The van der Waals surface area contributed by atoms with Gasteiger partial charge < -0.3 is 10.0 Å². The number of nitrogens with zero attached hydrogens (tertiary/aromatic N) is 2. The molecule has 0 aromatic heterocycles. The molecule has 0 atom stereocenters. The number of anilines is 1. The zero-order valence-corrected chi connectivity index (χ0v) is 19.4. The van der Waals surface area contributed by atoms with Crippen molar-refractivity contribution >= 4 is 59.1 Å². The topological polar surface area (TPSA) is 52.9 Å². The number of halogens is 3. The molecule has 0 fully saturated rings. The summed E-state index contributed by atoms with van der Waals surface area (Å²) in [6.45, 7) is 1.98. The maximum absolute atomic E-state index is 11.3. The quantitative estimate of drug-likeness (QED) is 0.439. The van der Waals surface area contributed by atoms with Gasteiger partial charge in [0.2, 0.25) is 0 Å². The molecular formula is C25H21Cl3N2O2. The Morgan fingerprint density at radius 2 is 1.81 bits per heavy atom. The zero-order chi connectivity index (χ0) is 21.8. The number of aromatic carboxylic acids is 1. The lowest BCUT2D eigenvalue weighted by molar-refractivity contribution is 0.0696. The molecule has 0 saturated carbocycles. The fourth-order valence-corrected chi connectivity index (χ4v) is 3.89. The van der Waals surface area contributed by atoms with Crippen LogP contribution in [-0.2, 0) is 6.54 Å². The summed E-state index contributed by atoms with van der Waals surface area (Å²) >= 11 is 12.1. The van der Waals surface area contributed by atoms with Crippen LogP contribution in [-0.4, -0.2) is 29.9 Å². The van der Waals surface area contributed by atoms with Gasteiger partial charge in [0.15, 0.2) is 0 Å². The molecule has 3 aromatic carbocycles. The van der Waals surface area contributed by atoms with Crippen LogP contribution >= 0.6 is 35.6 Å². The molecule has 0 radical (unpaired) electrons. The summed E-state index contributed by atoms with van der Waals surface area (Å²) in [6, 6.07) is 20.7. The average Bonchev–Trinajstić information content (AvgIpc) is 2.94. The highest BCUT2D eigenvalue weighted by Gasteiger charge is 2.17. The first-order chi connectivity index (χ1) is 15.0. The summed E-state index contributed by atoms with van der Waals surface area (Å²) < 4.78 is 0. The summed E-state index contributed by atoms with van der Waals surface area (Å²) in [4.78, 5) is 18.3. The van der Waals surface area contributed by atoms with Crippen LogP contribution in [0.25, 0.3) is 6.08 Å². The fraction of sp³-hybridized carbons (Fsp3) is 0.120. The molecule has 1 aliphatic rings. The highest BCUT2D eigenvalue weighted by molar-refractivity contribution is 6.42. The number of hydrogen-bond acceptors (Lipinski definition) is 3. The van der Waals surface area contributed by atoms with E-state index in [0.717, 1.165) is 34.6 Å². The lowest BCUT2D eigenvalue weighted by atomic mass is 10.0. The predicted molar refractivity (Wildman–Crippen MR) is 135 cm³/mol. The Labute approximate surface area is 203 Å². The highest BCUT2D eigenvalue weighted by atomic mass is 35.5. The van der Waals surface area contributed by atoms with Crippen molar-refractivity contribution < 1.29 is 9.90 Å². The molecule has 1 N–H and O–H groups in total. The molecule has 0 spiro atoms. The van der Waals surface area contributed by atoms with Crippen molar-refractivity contribution in [2.75, 3.05) is 18.0 Å². The minimum atomic E-state index is -0.920. The van der Waals surface area contributed by atoms with Gasteiger partial charge in [-0.3, -0.25) is 4.99 Å². The molecule has 0 bridgehead atoms. The summed E-state index contributed by atoms with van der Waals surface area (Å²) in [6.07, 6.45) is 3.97. The van der Waals surface area contributed by atoms with E-state index in [1.165, 1.54) is 0 Å². The number of carboxylic acids is 1. The van der Waals surface area contributed by atoms with Crippen molar-refractivity contribution in [3.63, 3.8) is 0 Å². The molecule has 32 heavy (non-hydrogen) atoms. The van der Waals surface area contributed by atoms with Gasteiger partial charge in [0.25, 0.3) is 0 Å². The smallest absolute Gasteiger partial charge is 0.335 e. The third-order valence-electron chi connectivity index (χ3n) is 5.10. The summed E-state index contributed by atoms with van der Waals surface area (Å²) in [5.74, 6) is -0.920. The molecular weight excluding hydrogens is 467 g/mol. The van der Waals surface area contributed by atoms with Crippen LogP contribution in [0.5, 0.6) is 0 Å². The van der Waals surface area contributed by atoms with Gasteiger partial charge in [-0.2, -0.15) is 0 Å². The van der Waals surface area contributed by atoms with Gasteiger partial charge >= 0.3 is 5.97 Å². The summed E-state index contributed by atoms with van der Waals surface area (Å²) in [5, 5.41) is 10.3. The summed E-state index contributed by atoms with van der Waals surface area (Å²) in [5.41, 5.74) is 5.18. The Morgan fingerprint density at radius 1 is 1.00 bits per heavy atom. The molecule has 0 unspecified atom stereocenters. The Kier molecular flexibility index (Phi) is 7.97. The number of aliphatic imine (C=N–C) groups is 1. The Morgan fingerprint density at radius 3 is 2.59 bits per heavy atom. The molecule has 0 aliphatic carbocycles. The molecule has 7 heteroatoms. The second kappa shape index (κ2) is 10.7. The van der Waals surface area contributed by atoms with Gasteiger partial charge in [-0.1, -0.05) is 65.7 Å². The second-order valence-corrected chi connectivity index (χ2v) is 8.03. The normalized spacial score (nSPS) is 13.2. The van der Waals surface area contributed by atoms with E-state index >= 15 is 0 Å². The SMILES string of the molecule is Cl.O=C(O)c1cccc(CN2CCN=C(C=Cc3ccc(Cl)c(Cl)c3)c3ccccc32)c1. The number of para-hydroxylation sites is 1. The highest BCUT2D eigenvalue weighted by Crippen LogP contribution is 2.27. The largest absolute Gasteiger partial charge is 0.478 e. The zero-order valence-electron chi connectivity index (χ0n) is 17.0. The van der Waals surface area contributed by atoms with E-state index in [-0.39, 0.29) is 12.4 Å². The number of carboxylic acid groups (broad SMARTS) is 1. The van der Waals surface area contributed by atoms with Crippen molar-refractivity contribution in [3.8, 4) is 0 Å². The molecule has 1 aliphatic heterocycles. The van der Waals surface area contributed by atoms with Crippen LogP contribution in [0.3, 0.4) is 0 Å². The Balaban J connectivity index is 0.00000289. The van der Waals surface area contributed by atoms with E-state index in [9.17, 15) is 9.90 Å². The second-order valence-electron chi connectivity index (χ2n) is 7.22. The molecule has 1 heterocycles. The van der Waals surface area contributed by atoms with Crippen LogP contribution < -0.4 is 4.90 Å². The number of hydrogen-bond donors (Lipinski definition) is 1. The van der Waals surface area contributed by atoms with Crippen LogP contribution in [0.2, 0.25) is 10.0 Å². The Bertz CT molecular complexity index is 1190. The predicted octanol–water partition coefficient (Wildman–Crippen LogP) is 6.64. The van der Waals surface area contributed by atoms with Crippen molar-refractivity contribution in [2.45, 2.75) is 6.54 Å². The minimum absolute atomic E-state index is 0. The van der Waals surface area contributed by atoms with Gasteiger partial charge in [0.05, 0.1) is 27.9 Å². The average molecular weight is 488 g/mol. The number of allylic oxidation sites excluding steroid dienone is 1. The van der Waals surface area contributed by atoms with E-state index in [2.05, 4.69) is 17.0 Å². The van der Waals surface area contributed by atoms with Crippen molar-refractivity contribution in [2.24, 2.45) is 4.99 Å². The fourth-order valence-electron chi connectivity index (χ4n) is 3.58. The Hall–Kier alpha value is -2.79. The van der Waals surface area contributed by atoms with Gasteiger partial charge in [-0.15, -0.1) is 12.4 Å². The van der Waals surface area contributed by atoms with Gasteiger partial charge in [-0.25, -0.2) is 4.79 Å². The first-order valence-corrected chi connectivity index (χ1v) is 10.6. The molecule has 3 aromatic rings. The van der Waals surface area contributed by atoms with E-state index < -0.39 is 5.97 Å². The van der Waals surface area contributed by atoms with E-state index in [0.29, 0.717) is 28.7 Å². The molecule has 0 amide bonds. The first kappa shape index (κ1) is 23.9. The summed E-state index contributed by atoms with van der Waals surface area (Å²) in [7, 11) is 0.